The van der Waals surface area contributed by atoms with E-state index >= 15 is 0 Å². The number of allylic oxidation sites excluding steroid dienone is 1. The third-order valence-corrected chi connectivity index (χ3v) is 19.5. The summed E-state index contributed by atoms with van der Waals surface area (Å²) in [5.41, 5.74) is -7.00. The Morgan fingerprint density at radius 3 is 2.43 bits per heavy atom. The number of unbranched alkanes of at least 4 members (excludes halogenated alkanes) is 2. The van der Waals surface area contributed by atoms with Crippen LogP contribution in [0.25, 0.3) is 0 Å². The van der Waals surface area contributed by atoms with Crippen molar-refractivity contribution < 1.29 is 39.9 Å². The quantitative estimate of drug-likeness (QED) is 0.0608. The summed E-state index contributed by atoms with van der Waals surface area (Å²) in [6.45, 7) is 6.54. The lowest BCUT2D eigenvalue weighted by molar-refractivity contribution is -0.379. The van der Waals surface area contributed by atoms with Crippen LogP contribution in [0.5, 0.6) is 0 Å². The molecule has 16 atom stereocenters. The molecule has 7 fully saturated rings. The first kappa shape index (κ1) is 41.7. The summed E-state index contributed by atoms with van der Waals surface area (Å²) in [4.78, 5) is 27.9. The largest absolute Gasteiger partial charge is 0.447 e. The third kappa shape index (κ3) is 5.39. The number of esters is 1. The fourth-order valence-electron chi connectivity index (χ4n) is 17.0. The molecular formula is C48H74N2O8. The van der Waals surface area contributed by atoms with Gasteiger partial charge < -0.3 is 45.7 Å². The average molecular weight is 807 g/mol. The molecule has 0 radical (unpaired) electrons. The van der Waals surface area contributed by atoms with Crippen LogP contribution in [0.1, 0.15) is 136 Å². The standard InChI is InChI=1S/C48H74N2O8/c1-4-5-6-13-32-25-44(28-51)38-16-19-43-17-9-10-18-45-34(27-50-21-20-49-3)22-33(40(43)36(45)24-39(52)58-45)26-46(43,55)48(38,57)42(54)37-23-31(29(2)30-11-7-8-12-30)14-15-35(41(32)53)47(37,44)56/h22,24,28-33,35,37-38,40-42,49-50,53-57H,4-21,23,25-27H2,1-3H3/t29-,31+,32+,33-,35+,37-,38+,40+,41-,42-,43+,44-,45+,46+,47+,48+/m0/s1. The minimum Gasteiger partial charge on any atom is -0.447 e. The number of likely N-dealkylation sites (N-methyl/N-ethyl adjacent to an activating group) is 1. The van der Waals surface area contributed by atoms with Gasteiger partial charge in [0.15, 0.2) is 5.60 Å². The molecule has 0 aromatic heterocycles. The predicted molar refractivity (Wildman–Crippen MR) is 220 cm³/mol. The second kappa shape index (κ2) is 15.0. The zero-order valence-electron chi connectivity index (χ0n) is 35.6. The van der Waals surface area contributed by atoms with E-state index in [9.17, 15) is 35.1 Å². The van der Waals surface area contributed by atoms with E-state index in [1.807, 2.05) is 7.05 Å². The van der Waals surface area contributed by atoms with Gasteiger partial charge in [0, 0.05) is 48.9 Å². The van der Waals surface area contributed by atoms with Crippen LogP contribution in [0, 0.1) is 64.1 Å². The lowest BCUT2D eigenvalue weighted by Crippen LogP contribution is -2.86. The zero-order chi connectivity index (χ0) is 40.9. The molecule has 0 aromatic carbocycles. The first-order valence-corrected chi connectivity index (χ1v) is 23.8. The van der Waals surface area contributed by atoms with Crippen molar-refractivity contribution in [3.63, 3.8) is 0 Å². The number of rotatable bonds is 12. The number of hydrogen-bond donors (Lipinski definition) is 7. The summed E-state index contributed by atoms with van der Waals surface area (Å²) in [5, 5.41) is 74.5. The van der Waals surface area contributed by atoms with Crippen molar-refractivity contribution in [3.8, 4) is 0 Å². The van der Waals surface area contributed by atoms with Crippen LogP contribution in [0.4, 0.5) is 0 Å². The van der Waals surface area contributed by atoms with Crippen molar-refractivity contribution in [1.29, 1.82) is 0 Å². The first-order chi connectivity index (χ1) is 27.8. The van der Waals surface area contributed by atoms with E-state index in [1.54, 1.807) is 6.08 Å². The number of fused-ring (bicyclic) bond motifs is 3. The van der Waals surface area contributed by atoms with Crippen LogP contribution < -0.4 is 10.6 Å². The normalized spacial score (nSPS) is 49.9. The lowest BCUT2D eigenvalue weighted by atomic mass is 9.34. The number of ether oxygens (including phenoxy) is 1. The Morgan fingerprint density at radius 1 is 0.914 bits per heavy atom. The molecular weight excluding hydrogens is 733 g/mol. The molecule has 7 saturated carbocycles. The first-order valence-electron chi connectivity index (χ1n) is 23.8. The van der Waals surface area contributed by atoms with Gasteiger partial charge in [0.2, 0.25) is 0 Å². The molecule has 58 heavy (non-hydrogen) atoms. The number of aldehydes is 1. The van der Waals surface area contributed by atoms with Gasteiger partial charge in [0.25, 0.3) is 0 Å². The van der Waals surface area contributed by atoms with Crippen molar-refractivity contribution >= 4 is 12.3 Å². The van der Waals surface area contributed by atoms with Gasteiger partial charge in [0.05, 0.1) is 23.2 Å². The van der Waals surface area contributed by atoms with Crippen molar-refractivity contribution in [1.82, 2.24) is 10.6 Å². The van der Waals surface area contributed by atoms with Crippen molar-refractivity contribution in [2.45, 2.75) is 170 Å². The Balaban J connectivity index is 1.19. The third-order valence-electron chi connectivity index (χ3n) is 19.5. The smallest absolute Gasteiger partial charge is 0.332 e. The second-order valence-electron chi connectivity index (χ2n) is 21.4. The molecule has 10 heteroatoms. The molecule has 10 nitrogen and oxygen atoms in total. The lowest BCUT2D eigenvalue weighted by Gasteiger charge is -2.74. The van der Waals surface area contributed by atoms with E-state index < -0.39 is 63.2 Å². The monoisotopic (exact) mass is 807 g/mol. The molecule has 1 heterocycles. The summed E-state index contributed by atoms with van der Waals surface area (Å²) in [7, 11) is 1.92. The van der Waals surface area contributed by atoms with Crippen molar-refractivity contribution in [2.24, 2.45) is 64.1 Å². The SMILES string of the molecule is CCCCC[C@@H]1C[C@]2(C=O)[C@H]3CC[C@]45CCCC[C@]67OC(=O)C=C6[C@H]4[C@@H](C=C7CNCCNC)C[C@]5(O)[C@]3(O)[C@@H](O)[C@@H]3C[C@H]([C@@H](C)C4CCCC4)CC[C@H]([C@H]1O)[C@@]32O. The highest BCUT2D eigenvalue weighted by Gasteiger charge is 2.86. The van der Waals surface area contributed by atoms with E-state index in [0.717, 1.165) is 75.5 Å². The van der Waals surface area contributed by atoms with Crippen molar-refractivity contribution in [3.05, 3.63) is 23.3 Å². The molecule has 0 saturated heterocycles. The molecule has 0 aromatic rings. The number of nitrogens with one attached hydrogen (secondary N) is 2. The van der Waals surface area contributed by atoms with Crippen LogP contribution in [0.15, 0.2) is 23.3 Å². The van der Waals surface area contributed by atoms with E-state index in [2.05, 4.69) is 30.6 Å². The van der Waals surface area contributed by atoms with Crippen LogP contribution in [0.3, 0.4) is 0 Å². The van der Waals surface area contributed by atoms with E-state index in [0.29, 0.717) is 56.9 Å². The Labute approximate surface area is 346 Å². The molecule has 1 aliphatic heterocycles. The highest BCUT2D eigenvalue weighted by Crippen LogP contribution is 2.78. The molecule has 8 aliphatic carbocycles. The fraction of sp³-hybridized carbons (Fsp3) is 0.875. The Hall–Kier alpha value is -1.66. The molecule has 9 rings (SSSR count). The number of hydrogen-bond acceptors (Lipinski definition) is 10. The summed E-state index contributed by atoms with van der Waals surface area (Å²) < 4.78 is 6.39. The number of carbonyl (C=O) groups excluding carboxylic acids is 2. The maximum atomic E-state index is 14.5. The van der Waals surface area contributed by atoms with Gasteiger partial charge in [-0.1, -0.05) is 71.3 Å². The zero-order valence-corrected chi connectivity index (χ0v) is 35.6. The summed E-state index contributed by atoms with van der Waals surface area (Å²) in [6.07, 6.45) is 16.9. The fourth-order valence-corrected chi connectivity index (χ4v) is 17.0. The minimum atomic E-state index is -2.11. The summed E-state index contributed by atoms with van der Waals surface area (Å²) >= 11 is 0. The van der Waals surface area contributed by atoms with Gasteiger partial charge in [-0.2, -0.15) is 0 Å². The molecule has 324 valence electrons. The molecule has 0 amide bonds. The molecule has 7 N–H and O–H groups in total. The van der Waals surface area contributed by atoms with Gasteiger partial charge in [-0.15, -0.1) is 0 Å². The maximum absolute atomic E-state index is 14.5. The Morgan fingerprint density at radius 2 is 1.69 bits per heavy atom. The highest BCUT2D eigenvalue weighted by molar-refractivity contribution is 5.88. The van der Waals surface area contributed by atoms with Gasteiger partial charge in [-0.05, 0) is 124 Å². The minimum absolute atomic E-state index is 0.140. The number of aliphatic hydroxyl groups is 5. The van der Waals surface area contributed by atoms with Crippen LogP contribution >= 0.6 is 0 Å². The average Bonchev–Trinajstić information content (AvgIpc) is 3.88. The highest BCUT2D eigenvalue weighted by atomic mass is 16.6. The topological polar surface area (TPSA) is 169 Å². The summed E-state index contributed by atoms with van der Waals surface area (Å²) in [6, 6.07) is 0. The number of carbonyl (C=O) groups is 2. The van der Waals surface area contributed by atoms with Crippen LogP contribution in [0.2, 0.25) is 0 Å². The van der Waals surface area contributed by atoms with Gasteiger partial charge in [0.1, 0.15) is 17.5 Å². The molecule has 2 bridgehead atoms. The maximum Gasteiger partial charge on any atom is 0.332 e. The van der Waals surface area contributed by atoms with Crippen molar-refractivity contribution in [2.75, 3.05) is 26.7 Å². The van der Waals surface area contributed by atoms with Crippen LogP contribution in [-0.2, 0) is 14.3 Å². The van der Waals surface area contributed by atoms with Crippen LogP contribution in [-0.4, -0.2) is 99.1 Å². The van der Waals surface area contributed by atoms with E-state index in [1.165, 1.54) is 25.7 Å². The summed E-state index contributed by atoms with van der Waals surface area (Å²) in [5.74, 6) is -2.50. The second-order valence-corrected chi connectivity index (χ2v) is 21.4. The van der Waals surface area contributed by atoms with Gasteiger partial charge >= 0.3 is 5.97 Å². The van der Waals surface area contributed by atoms with Gasteiger partial charge in [-0.3, -0.25) is 0 Å². The molecule has 0 unspecified atom stereocenters. The number of aliphatic hydroxyl groups excluding tert-OH is 2. The van der Waals surface area contributed by atoms with Gasteiger partial charge in [-0.25, -0.2) is 4.79 Å². The van der Waals surface area contributed by atoms with E-state index in [4.69, 9.17) is 4.74 Å². The molecule has 9 aliphatic rings. The Bertz CT molecular complexity index is 1660. The van der Waals surface area contributed by atoms with E-state index in [-0.39, 0.29) is 42.5 Å². The molecule has 1 spiro atoms. The predicted octanol–water partition coefficient (Wildman–Crippen LogP) is 5.14. The Kier molecular flexibility index (Phi) is 10.8.